The summed E-state index contributed by atoms with van der Waals surface area (Å²) < 4.78 is 59.2. The summed E-state index contributed by atoms with van der Waals surface area (Å²) in [6.45, 7) is 19.1. The van der Waals surface area contributed by atoms with Crippen molar-refractivity contribution in [3.63, 3.8) is 0 Å². The Morgan fingerprint density at radius 2 is 1.28 bits per heavy atom. The number of hydrogen-bond donors (Lipinski definition) is 1. The van der Waals surface area contributed by atoms with Crippen molar-refractivity contribution in [2.45, 2.75) is 126 Å². The molecule has 274 valence electrons. The van der Waals surface area contributed by atoms with Crippen LogP contribution in [0.25, 0.3) is 0 Å². The highest BCUT2D eigenvalue weighted by atomic mass is 19.1. The number of carbonyl (C=O) groups is 4. The molecule has 0 bridgehead atoms. The number of aliphatic hydroxyl groups excluding tert-OH is 1. The van der Waals surface area contributed by atoms with Crippen molar-refractivity contribution in [3.8, 4) is 0 Å². The zero-order chi connectivity index (χ0) is 37.1. The number of hydrogen-bond acceptors (Lipinski definition) is 13. The number of carbonyl (C=O) groups excluding carboxylic acids is 4. The van der Waals surface area contributed by atoms with Gasteiger partial charge in [0, 0.05) is 7.11 Å². The van der Waals surface area contributed by atoms with E-state index in [1.807, 2.05) is 0 Å². The van der Waals surface area contributed by atoms with Crippen LogP contribution in [0.15, 0.2) is 5.16 Å². The lowest BCUT2D eigenvalue weighted by Crippen LogP contribution is -2.45. The molecule has 0 aromatic rings. The first-order chi connectivity index (χ1) is 21.2. The van der Waals surface area contributed by atoms with Gasteiger partial charge in [-0.2, -0.15) is 0 Å². The van der Waals surface area contributed by atoms with E-state index in [2.05, 4.69) is 9.99 Å². The van der Waals surface area contributed by atoms with Gasteiger partial charge in [0.2, 0.25) is 0 Å². The monoisotopic (exact) mass is 683 g/mol. The first kappa shape index (κ1) is 44.1. The van der Waals surface area contributed by atoms with Crippen LogP contribution in [-0.2, 0) is 52.4 Å². The number of oxime groups is 1. The van der Waals surface area contributed by atoms with Crippen LogP contribution >= 0.6 is 0 Å². The van der Waals surface area contributed by atoms with Gasteiger partial charge in [0.05, 0.1) is 27.9 Å². The number of alkyl halides is 2. The summed E-state index contributed by atoms with van der Waals surface area (Å²) in [6, 6.07) is 0. The lowest BCUT2D eigenvalue weighted by atomic mass is 9.97. The minimum absolute atomic E-state index is 0.210. The maximum Gasteiger partial charge on any atom is 0.311 e. The van der Waals surface area contributed by atoms with Crippen LogP contribution in [-0.4, -0.2) is 106 Å². The second kappa shape index (κ2) is 18.0. The molecule has 1 aliphatic heterocycles. The average Bonchev–Trinajstić information content (AvgIpc) is 3.23. The molecule has 1 heterocycles. The van der Waals surface area contributed by atoms with Gasteiger partial charge < -0.3 is 38.4 Å². The average molecular weight is 684 g/mol. The molecule has 1 rings (SSSR count). The van der Waals surface area contributed by atoms with Crippen LogP contribution in [0.1, 0.15) is 83.1 Å². The third-order valence-electron chi connectivity index (χ3n) is 6.18. The lowest BCUT2D eigenvalue weighted by Gasteiger charge is -2.28. The molecule has 1 unspecified atom stereocenters. The third-order valence-corrected chi connectivity index (χ3v) is 6.18. The Morgan fingerprint density at radius 1 is 0.809 bits per heavy atom. The Hall–Kier alpha value is -2.91. The van der Waals surface area contributed by atoms with Gasteiger partial charge >= 0.3 is 23.9 Å². The molecule has 0 radical (unpaired) electrons. The number of aliphatic hydroxyl groups is 1. The molecule has 0 spiro atoms. The van der Waals surface area contributed by atoms with E-state index >= 15 is 0 Å². The van der Waals surface area contributed by atoms with Crippen molar-refractivity contribution in [2.75, 3.05) is 27.4 Å². The Labute approximate surface area is 276 Å². The fourth-order valence-electron chi connectivity index (χ4n) is 3.15. The fraction of sp³-hybridized carbons (Fsp3) is 0.844. The van der Waals surface area contributed by atoms with Gasteiger partial charge in [0.25, 0.3) is 0 Å². The molecule has 0 saturated carbocycles. The molecule has 47 heavy (non-hydrogen) atoms. The molecular weight excluding hydrogens is 628 g/mol. The van der Waals surface area contributed by atoms with Crippen molar-refractivity contribution >= 4 is 30.1 Å². The van der Waals surface area contributed by atoms with E-state index in [1.165, 1.54) is 14.2 Å². The Kier molecular flexibility index (Phi) is 16.9. The van der Waals surface area contributed by atoms with E-state index in [9.17, 15) is 33.1 Å². The minimum Gasteiger partial charge on any atom is -0.462 e. The van der Waals surface area contributed by atoms with Gasteiger partial charge in [-0.05, 0) is 83.1 Å². The molecule has 0 aromatic carbocycles. The van der Waals surface area contributed by atoms with Crippen molar-refractivity contribution in [1.29, 1.82) is 0 Å². The number of ether oxygens (including phenoxy) is 6. The highest BCUT2D eigenvalue weighted by Gasteiger charge is 2.49. The standard InChI is InChI=1S/C16H28FNO6.C16H27FO6/c1-15(2,3)13(20)23-9-11(19)12(10(17)8-18-22-7)24-14(21)16(4,5)6;1-15(2,3)13(18)21-8-9-11(10(17)12(20-7)22-9)23-14(19)16(4,5)6/h8,10-12,19H,9H2,1-7H3;9-12H,8H2,1-7H3/t10-,11-,12+;9-,10+,11-,12?/m11/s1. The van der Waals surface area contributed by atoms with E-state index in [4.69, 9.17) is 28.4 Å². The van der Waals surface area contributed by atoms with Crippen molar-refractivity contribution < 1.29 is 66.3 Å². The SMILES string of the molecule is COC1O[C@H](COC(=O)C(C)(C)C)[C@@H](OC(=O)C(C)(C)C)[C@@H]1F.CON=C[C@@H](F)[C@H](OC(=O)C(C)(C)C)[C@H](O)COC(=O)C(C)(C)C. The number of methoxy groups -OCH3 is 1. The highest BCUT2D eigenvalue weighted by Crippen LogP contribution is 2.30. The first-order valence-corrected chi connectivity index (χ1v) is 15.2. The van der Waals surface area contributed by atoms with Crippen molar-refractivity contribution in [3.05, 3.63) is 0 Å². The van der Waals surface area contributed by atoms with Crippen LogP contribution in [0.4, 0.5) is 8.78 Å². The summed E-state index contributed by atoms with van der Waals surface area (Å²) in [7, 11) is 2.52. The number of rotatable bonds is 11. The zero-order valence-corrected chi connectivity index (χ0v) is 30.2. The van der Waals surface area contributed by atoms with Crippen LogP contribution in [0.2, 0.25) is 0 Å². The topological polar surface area (TPSA) is 165 Å². The maximum absolute atomic E-state index is 14.3. The molecule has 1 aliphatic rings. The molecule has 7 atom stereocenters. The Balaban J connectivity index is 0.000000901. The van der Waals surface area contributed by atoms with Crippen molar-refractivity contribution in [1.82, 2.24) is 0 Å². The third kappa shape index (κ3) is 15.2. The first-order valence-electron chi connectivity index (χ1n) is 15.2. The van der Waals surface area contributed by atoms with Gasteiger partial charge in [0.15, 0.2) is 30.8 Å². The van der Waals surface area contributed by atoms with E-state index in [1.54, 1.807) is 83.1 Å². The van der Waals surface area contributed by atoms with Gasteiger partial charge in [0.1, 0.15) is 32.5 Å². The van der Waals surface area contributed by atoms with Crippen molar-refractivity contribution in [2.24, 2.45) is 26.8 Å². The summed E-state index contributed by atoms with van der Waals surface area (Å²) in [4.78, 5) is 51.9. The molecule has 0 aliphatic carbocycles. The Bertz CT molecular complexity index is 1060. The molecule has 1 N–H and O–H groups in total. The van der Waals surface area contributed by atoms with Crippen LogP contribution in [0, 0.1) is 21.7 Å². The largest absolute Gasteiger partial charge is 0.462 e. The predicted molar refractivity (Wildman–Crippen MR) is 166 cm³/mol. The molecular formula is C32H55F2NO12. The molecule has 15 heteroatoms. The second-order valence-electron chi connectivity index (χ2n) is 15.1. The predicted octanol–water partition coefficient (Wildman–Crippen LogP) is 4.11. The molecule has 0 amide bonds. The quantitative estimate of drug-likeness (QED) is 0.144. The normalized spacial score (nSPS) is 22.3. The Morgan fingerprint density at radius 3 is 1.70 bits per heavy atom. The molecule has 13 nitrogen and oxygen atoms in total. The molecule has 1 fully saturated rings. The van der Waals surface area contributed by atoms with E-state index < -0.39 is 95.2 Å². The maximum atomic E-state index is 14.3. The molecule has 1 saturated heterocycles. The fourth-order valence-corrected chi connectivity index (χ4v) is 3.15. The van der Waals surface area contributed by atoms with Crippen LogP contribution < -0.4 is 0 Å². The summed E-state index contributed by atoms with van der Waals surface area (Å²) in [5.41, 5.74) is -3.13. The van der Waals surface area contributed by atoms with Gasteiger partial charge in [-0.15, -0.1) is 0 Å². The highest BCUT2D eigenvalue weighted by molar-refractivity contribution is 5.77. The van der Waals surface area contributed by atoms with Gasteiger partial charge in [-0.1, -0.05) is 5.16 Å². The van der Waals surface area contributed by atoms with Gasteiger partial charge in [-0.3, -0.25) is 19.2 Å². The summed E-state index contributed by atoms with van der Waals surface area (Å²) in [5.74, 6) is -2.28. The van der Waals surface area contributed by atoms with Gasteiger partial charge in [-0.25, -0.2) is 8.78 Å². The van der Waals surface area contributed by atoms with E-state index in [0.717, 1.165) is 6.21 Å². The number of nitrogens with zero attached hydrogens (tertiary/aromatic N) is 1. The summed E-state index contributed by atoms with van der Waals surface area (Å²) in [5, 5.41) is 13.4. The smallest absolute Gasteiger partial charge is 0.311 e. The van der Waals surface area contributed by atoms with Crippen LogP contribution in [0.5, 0.6) is 0 Å². The minimum atomic E-state index is -1.93. The second-order valence-corrected chi connectivity index (χ2v) is 15.1. The lowest BCUT2D eigenvalue weighted by molar-refractivity contribution is -0.174. The van der Waals surface area contributed by atoms with E-state index in [-0.39, 0.29) is 6.61 Å². The molecule has 0 aromatic heterocycles. The number of esters is 4. The zero-order valence-electron chi connectivity index (χ0n) is 30.2. The van der Waals surface area contributed by atoms with E-state index in [0.29, 0.717) is 0 Å². The van der Waals surface area contributed by atoms with Crippen LogP contribution in [0.3, 0.4) is 0 Å². The number of halogens is 2. The summed E-state index contributed by atoms with van der Waals surface area (Å²) in [6.07, 6.45) is -9.21. The summed E-state index contributed by atoms with van der Waals surface area (Å²) >= 11 is 0.